The van der Waals surface area contributed by atoms with Crippen LogP contribution in [0.25, 0.3) is 22.5 Å². The summed E-state index contributed by atoms with van der Waals surface area (Å²) in [6, 6.07) is 34.4. The molecular weight excluding hydrogens is 584 g/mol. The summed E-state index contributed by atoms with van der Waals surface area (Å²) in [5.74, 6) is -0.365. The molecule has 8 heteroatoms. The first-order valence-electron chi connectivity index (χ1n) is 14.9. The van der Waals surface area contributed by atoms with Crippen molar-refractivity contribution in [2.75, 3.05) is 12.3 Å². The first kappa shape index (κ1) is 31.9. The van der Waals surface area contributed by atoms with E-state index in [1.54, 1.807) is 12.1 Å². The number of aryl methyl sites for hydroxylation is 1. The van der Waals surface area contributed by atoms with Crippen molar-refractivity contribution in [2.24, 2.45) is 0 Å². The molecule has 0 bridgehead atoms. The number of benzene rings is 4. The predicted molar refractivity (Wildman–Crippen MR) is 178 cm³/mol. The average molecular weight is 623 g/mol. The van der Waals surface area contributed by atoms with E-state index in [1.165, 1.54) is 16.7 Å². The fourth-order valence-electron chi connectivity index (χ4n) is 5.36. The fourth-order valence-corrected chi connectivity index (χ4v) is 5.72. The number of rotatable bonds is 10. The SMILES string of the molecule is Cc1ccccc1-c1cccc(-c2cc(C(Cc3ccc(C(=O)NCCS(=O)(=O)O)cc3)c3ccc(C(C)(C)C)cc3)no2)c1. The molecule has 0 saturated carbocycles. The van der Waals surface area contributed by atoms with Crippen LogP contribution in [0.15, 0.2) is 108 Å². The maximum Gasteiger partial charge on any atom is 0.266 e. The third-order valence-corrected chi connectivity index (χ3v) is 8.69. The lowest BCUT2D eigenvalue weighted by Crippen LogP contribution is -2.28. The molecular formula is C37H38N2O5S. The van der Waals surface area contributed by atoms with Gasteiger partial charge in [0.25, 0.3) is 16.0 Å². The van der Waals surface area contributed by atoms with Gasteiger partial charge in [-0.05, 0) is 70.3 Å². The molecule has 0 radical (unpaired) electrons. The van der Waals surface area contributed by atoms with E-state index >= 15 is 0 Å². The van der Waals surface area contributed by atoms with Crippen LogP contribution in [0.4, 0.5) is 0 Å². The minimum absolute atomic E-state index is 0.0228. The molecule has 0 aliphatic carbocycles. The highest BCUT2D eigenvalue weighted by atomic mass is 32.2. The van der Waals surface area contributed by atoms with Gasteiger partial charge in [0.2, 0.25) is 0 Å². The summed E-state index contributed by atoms with van der Waals surface area (Å²) >= 11 is 0. The number of hydrogen-bond donors (Lipinski definition) is 2. The van der Waals surface area contributed by atoms with Gasteiger partial charge in [0.05, 0.1) is 11.4 Å². The van der Waals surface area contributed by atoms with Crippen LogP contribution in [-0.2, 0) is 22.0 Å². The minimum Gasteiger partial charge on any atom is -0.356 e. The number of amides is 1. The quantitative estimate of drug-likeness (QED) is 0.155. The van der Waals surface area contributed by atoms with E-state index in [9.17, 15) is 13.2 Å². The van der Waals surface area contributed by atoms with Crippen molar-refractivity contribution >= 4 is 16.0 Å². The number of nitrogens with zero attached hydrogens (tertiary/aromatic N) is 1. The van der Waals surface area contributed by atoms with E-state index in [4.69, 9.17) is 9.08 Å². The van der Waals surface area contributed by atoms with Gasteiger partial charge >= 0.3 is 0 Å². The number of carbonyl (C=O) groups is 1. The second-order valence-corrected chi connectivity index (χ2v) is 14.0. The molecule has 0 aliphatic rings. The number of carbonyl (C=O) groups excluding carboxylic acids is 1. The van der Waals surface area contributed by atoms with Crippen molar-refractivity contribution in [3.63, 3.8) is 0 Å². The van der Waals surface area contributed by atoms with Gasteiger partial charge in [-0.15, -0.1) is 0 Å². The lowest BCUT2D eigenvalue weighted by atomic mass is 9.83. The Morgan fingerprint density at radius 1 is 0.889 bits per heavy atom. The van der Waals surface area contributed by atoms with Crippen LogP contribution in [0.3, 0.4) is 0 Å². The van der Waals surface area contributed by atoms with Gasteiger partial charge in [-0.3, -0.25) is 9.35 Å². The normalized spacial score (nSPS) is 12.6. The molecule has 232 valence electrons. The van der Waals surface area contributed by atoms with Crippen LogP contribution < -0.4 is 5.32 Å². The monoisotopic (exact) mass is 622 g/mol. The molecule has 7 nitrogen and oxygen atoms in total. The molecule has 1 unspecified atom stereocenters. The summed E-state index contributed by atoms with van der Waals surface area (Å²) in [7, 11) is -4.15. The summed E-state index contributed by atoms with van der Waals surface area (Å²) in [6.45, 7) is 8.50. The van der Waals surface area contributed by atoms with Crippen molar-refractivity contribution in [2.45, 2.75) is 45.4 Å². The van der Waals surface area contributed by atoms with E-state index in [0.717, 1.165) is 27.9 Å². The van der Waals surface area contributed by atoms with Crippen molar-refractivity contribution in [1.29, 1.82) is 0 Å². The van der Waals surface area contributed by atoms with Crippen LogP contribution >= 0.6 is 0 Å². The average Bonchev–Trinajstić information content (AvgIpc) is 3.50. The molecule has 0 saturated heterocycles. The van der Waals surface area contributed by atoms with Gasteiger partial charge in [0.15, 0.2) is 5.76 Å². The van der Waals surface area contributed by atoms with Crippen molar-refractivity contribution < 1.29 is 22.3 Å². The maximum atomic E-state index is 12.5. The van der Waals surface area contributed by atoms with E-state index in [2.05, 4.69) is 86.7 Å². The van der Waals surface area contributed by atoms with E-state index < -0.39 is 21.8 Å². The van der Waals surface area contributed by atoms with Gasteiger partial charge in [-0.25, -0.2) is 0 Å². The minimum atomic E-state index is -4.15. The Balaban J connectivity index is 1.42. The maximum absolute atomic E-state index is 12.5. The zero-order chi connectivity index (χ0) is 32.2. The van der Waals surface area contributed by atoms with Crippen molar-refractivity contribution in [3.8, 4) is 22.5 Å². The molecule has 5 aromatic rings. The number of hydrogen-bond acceptors (Lipinski definition) is 5. The van der Waals surface area contributed by atoms with Gasteiger partial charge in [0, 0.05) is 29.7 Å². The first-order chi connectivity index (χ1) is 21.4. The zero-order valence-electron chi connectivity index (χ0n) is 25.9. The highest BCUT2D eigenvalue weighted by Gasteiger charge is 2.22. The third-order valence-electron chi connectivity index (χ3n) is 7.97. The largest absolute Gasteiger partial charge is 0.356 e. The molecule has 2 N–H and O–H groups in total. The molecule has 1 atom stereocenters. The second kappa shape index (κ2) is 13.2. The highest BCUT2D eigenvalue weighted by molar-refractivity contribution is 7.85. The van der Waals surface area contributed by atoms with Gasteiger partial charge in [-0.1, -0.05) is 105 Å². The summed E-state index contributed by atoms with van der Waals surface area (Å²) in [4.78, 5) is 12.5. The van der Waals surface area contributed by atoms with Crippen LogP contribution in [0.5, 0.6) is 0 Å². The van der Waals surface area contributed by atoms with Crippen molar-refractivity contribution in [3.05, 3.63) is 137 Å². The standard InChI is InChI=1S/C37H38N2O5S/c1-25-8-5-6-11-32(25)29-9-7-10-30(23-29)35-24-34(39-44-35)33(27-16-18-31(19-17-27)37(2,3)4)22-26-12-14-28(15-13-26)36(40)38-20-21-45(41,42)43/h5-19,23-24,33H,20-22H2,1-4H3,(H,38,40)(H,41,42,43). The molecule has 45 heavy (non-hydrogen) atoms. The van der Waals surface area contributed by atoms with E-state index in [1.807, 2.05) is 42.5 Å². The predicted octanol–water partition coefficient (Wildman–Crippen LogP) is 7.61. The Hall–Kier alpha value is -4.53. The lowest BCUT2D eigenvalue weighted by Gasteiger charge is -2.21. The summed E-state index contributed by atoms with van der Waals surface area (Å²) in [6.07, 6.45) is 0.620. The van der Waals surface area contributed by atoms with Crippen LogP contribution in [0.2, 0.25) is 0 Å². The number of aromatic nitrogens is 1. The molecule has 0 fully saturated rings. The van der Waals surface area contributed by atoms with Crippen LogP contribution in [0, 0.1) is 6.92 Å². The summed E-state index contributed by atoms with van der Waals surface area (Å²) in [5.41, 5.74) is 9.00. The lowest BCUT2D eigenvalue weighted by molar-refractivity contribution is 0.0956. The van der Waals surface area contributed by atoms with E-state index in [-0.39, 0.29) is 17.9 Å². The summed E-state index contributed by atoms with van der Waals surface area (Å²) < 4.78 is 36.8. The molecule has 1 aromatic heterocycles. The second-order valence-electron chi connectivity index (χ2n) is 12.4. The number of nitrogens with one attached hydrogen (secondary N) is 1. The topological polar surface area (TPSA) is 110 Å². The Kier molecular flexibility index (Phi) is 9.37. The van der Waals surface area contributed by atoms with Crippen LogP contribution in [0.1, 0.15) is 65.0 Å². The van der Waals surface area contributed by atoms with E-state index in [0.29, 0.717) is 17.7 Å². The third kappa shape index (κ3) is 8.15. The molecule has 5 rings (SSSR count). The first-order valence-corrected chi connectivity index (χ1v) is 16.5. The molecule has 1 amide bonds. The Bertz CT molecular complexity index is 1890. The summed E-state index contributed by atoms with van der Waals surface area (Å²) in [5, 5.41) is 7.07. The molecule has 0 aliphatic heterocycles. The smallest absolute Gasteiger partial charge is 0.266 e. The fraction of sp³-hybridized carbons (Fsp3) is 0.243. The Labute approximate surface area is 265 Å². The van der Waals surface area contributed by atoms with Crippen molar-refractivity contribution in [1.82, 2.24) is 10.5 Å². The molecule has 0 spiro atoms. The van der Waals surface area contributed by atoms with Gasteiger partial charge < -0.3 is 9.84 Å². The Morgan fingerprint density at radius 3 is 2.24 bits per heavy atom. The Morgan fingerprint density at radius 2 is 1.58 bits per heavy atom. The van der Waals surface area contributed by atoms with Gasteiger partial charge in [-0.2, -0.15) is 8.42 Å². The highest BCUT2D eigenvalue weighted by Crippen LogP contribution is 2.34. The molecule has 4 aromatic carbocycles. The van der Waals surface area contributed by atoms with Gasteiger partial charge in [0.1, 0.15) is 0 Å². The van der Waals surface area contributed by atoms with Crippen LogP contribution in [-0.4, -0.2) is 36.3 Å². The zero-order valence-corrected chi connectivity index (χ0v) is 26.8. The molecule has 1 heterocycles.